The topological polar surface area (TPSA) is 61.4 Å². The van der Waals surface area contributed by atoms with E-state index in [0.29, 0.717) is 6.54 Å². The van der Waals surface area contributed by atoms with E-state index in [9.17, 15) is 4.79 Å². The number of urea groups is 1. The number of carbonyl (C=O) groups excluding carboxylic acids is 1. The van der Waals surface area contributed by atoms with Crippen molar-refractivity contribution in [3.63, 3.8) is 0 Å². The van der Waals surface area contributed by atoms with Crippen LogP contribution >= 0.6 is 11.5 Å². The molecule has 0 spiro atoms. The second-order valence-corrected chi connectivity index (χ2v) is 6.88. The van der Waals surface area contributed by atoms with Crippen molar-refractivity contribution in [2.45, 2.75) is 13.5 Å². The molecule has 1 aromatic heterocycles. The van der Waals surface area contributed by atoms with Gasteiger partial charge in [0.25, 0.3) is 0 Å². The summed E-state index contributed by atoms with van der Waals surface area (Å²) in [4.78, 5) is 17.5. The summed E-state index contributed by atoms with van der Waals surface area (Å²) in [5.41, 5.74) is 2.11. The molecular weight excluding hydrogens is 334 g/mol. The third-order valence-electron chi connectivity index (χ3n) is 4.28. The van der Waals surface area contributed by atoms with Crippen LogP contribution in [0, 0.1) is 6.92 Å². The maximum Gasteiger partial charge on any atom is 0.317 e. The third kappa shape index (κ3) is 5.11. The Kier molecular flexibility index (Phi) is 6.14. The van der Waals surface area contributed by atoms with E-state index in [-0.39, 0.29) is 6.03 Å². The molecule has 1 N–H and O–H groups in total. The van der Waals surface area contributed by atoms with Gasteiger partial charge in [0.05, 0.1) is 17.1 Å². The van der Waals surface area contributed by atoms with E-state index in [1.165, 1.54) is 17.1 Å². The van der Waals surface area contributed by atoms with Crippen molar-refractivity contribution in [2.24, 2.45) is 0 Å². The van der Waals surface area contributed by atoms with Gasteiger partial charge in [0.15, 0.2) is 0 Å². The number of carbonyl (C=O) groups is 1. The lowest BCUT2D eigenvalue weighted by Gasteiger charge is -2.34. The van der Waals surface area contributed by atoms with Gasteiger partial charge in [-0.15, -0.1) is 5.10 Å². The fraction of sp³-hybridized carbons (Fsp3) is 0.389. The number of rotatable bonds is 5. The molecule has 2 amide bonds. The summed E-state index contributed by atoms with van der Waals surface area (Å²) in [6.07, 6.45) is 4.33. The van der Waals surface area contributed by atoms with Gasteiger partial charge in [-0.1, -0.05) is 47.0 Å². The van der Waals surface area contributed by atoms with E-state index in [1.807, 2.05) is 30.0 Å². The van der Waals surface area contributed by atoms with Crippen molar-refractivity contribution in [2.75, 3.05) is 32.7 Å². The predicted octanol–water partition coefficient (Wildman–Crippen LogP) is 2.39. The highest BCUT2D eigenvalue weighted by Gasteiger charge is 2.20. The molecule has 2 heterocycles. The van der Waals surface area contributed by atoms with Crippen LogP contribution < -0.4 is 5.32 Å². The predicted molar refractivity (Wildman–Crippen MR) is 100 cm³/mol. The number of benzene rings is 1. The van der Waals surface area contributed by atoms with Crippen molar-refractivity contribution in [1.29, 1.82) is 0 Å². The molecule has 0 saturated carbocycles. The Labute approximate surface area is 152 Å². The van der Waals surface area contributed by atoms with Gasteiger partial charge in [-0.2, -0.15) is 0 Å². The molecule has 3 rings (SSSR count). The third-order valence-corrected chi connectivity index (χ3v) is 5.10. The SMILES string of the molecule is Cc1nnsc1CNC(=O)N1CCN(C/C=C/c2ccccc2)CC1. The van der Waals surface area contributed by atoms with Crippen molar-refractivity contribution < 1.29 is 4.79 Å². The van der Waals surface area contributed by atoms with Gasteiger partial charge in [-0.05, 0) is 24.0 Å². The molecule has 1 aliphatic heterocycles. The van der Waals surface area contributed by atoms with Crippen LogP contribution in [0.25, 0.3) is 6.08 Å². The van der Waals surface area contributed by atoms with E-state index in [4.69, 9.17) is 0 Å². The summed E-state index contributed by atoms with van der Waals surface area (Å²) in [6, 6.07) is 10.3. The molecule has 0 atom stereocenters. The Bertz CT molecular complexity index is 707. The van der Waals surface area contributed by atoms with Crippen LogP contribution in [-0.4, -0.2) is 58.1 Å². The first-order valence-electron chi connectivity index (χ1n) is 8.47. The van der Waals surface area contributed by atoms with E-state index in [1.54, 1.807) is 0 Å². The number of aryl methyl sites for hydroxylation is 1. The van der Waals surface area contributed by atoms with Gasteiger partial charge in [-0.25, -0.2) is 4.79 Å². The number of aromatic nitrogens is 2. The van der Waals surface area contributed by atoms with Crippen LogP contribution in [0.1, 0.15) is 16.1 Å². The lowest BCUT2D eigenvalue weighted by atomic mass is 10.2. The van der Waals surface area contributed by atoms with Gasteiger partial charge in [0.1, 0.15) is 0 Å². The van der Waals surface area contributed by atoms with E-state index in [0.717, 1.165) is 43.3 Å². The van der Waals surface area contributed by atoms with E-state index >= 15 is 0 Å². The second kappa shape index (κ2) is 8.73. The molecule has 25 heavy (non-hydrogen) atoms. The molecule has 1 fully saturated rings. The summed E-state index contributed by atoms with van der Waals surface area (Å²) in [6.45, 7) is 6.63. The van der Waals surface area contributed by atoms with Gasteiger partial charge >= 0.3 is 6.03 Å². The Morgan fingerprint density at radius 1 is 1.24 bits per heavy atom. The van der Waals surface area contributed by atoms with Gasteiger partial charge < -0.3 is 10.2 Å². The molecule has 0 radical (unpaired) electrons. The quantitative estimate of drug-likeness (QED) is 0.893. The average Bonchev–Trinajstić information content (AvgIpc) is 3.06. The standard InChI is InChI=1S/C18H23N5OS/c1-15-17(25-21-20-15)14-19-18(24)23-12-10-22(11-13-23)9-5-8-16-6-3-2-4-7-16/h2-8H,9-14H2,1H3,(H,19,24)/b8-5+. The minimum Gasteiger partial charge on any atom is -0.333 e. The van der Waals surface area contributed by atoms with E-state index < -0.39 is 0 Å². The molecule has 1 saturated heterocycles. The minimum absolute atomic E-state index is 0.00715. The van der Waals surface area contributed by atoms with E-state index in [2.05, 4.69) is 44.1 Å². The molecule has 132 valence electrons. The largest absolute Gasteiger partial charge is 0.333 e. The molecular formula is C18H23N5OS. The highest BCUT2D eigenvalue weighted by atomic mass is 32.1. The first kappa shape index (κ1) is 17.6. The molecule has 0 bridgehead atoms. The Hall–Kier alpha value is -2.25. The summed E-state index contributed by atoms with van der Waals surface area (Å²) in [7, 11) is 0. The number of piperazine rings is 1. The number of hydrogen-bond donors (Lipinski definition) is 1. The Morgan fingerprint density at radius 2 is 2.00 bits per heavy atom. The molecule has 2 aromatic rings. The monoisotopic (exact) mass is 357 g/mol. The van der Waals surface area contributed by atoms with Gasteiger partial charge in [-0.3, -0.25) is 4.90 Å². The average molecular weight is 357 g/mol. The molecule has 6 nitrogen and oxygen atoms in total. The van der Waals surface area contributed by atoms with Crippen LogP contribution in [0.4, 0.5) is 4.79 Å². The molecule has 0 unspecified atom stereocenters. The first-order valence-corrected chi connectivity index (χ1v) is 9.24. The maximum absolute atomic E-state index is 12.3. The Morgan fingerprint density at radius 3 is 2.68 bits per heavy atom. The Balaban J connectivity index is 1.38. The smallest absolute Gasteiger partial charge is 0.317 e. The zero-order chi connectivity index (χ0) is 17.5. The zero-order valence-corrected chi connectivity index (χ0v) is 15.2. The van der Waals surface area contributed by atoms with Gasteiger partial charge in [0.2, 0.25) is 0 Å². The van der Waals surface area contributed by atoms with Crippen LogP contribution in [0.3, 0.4) is 0 Å². The van der Waals surface area contributed by atoms with Crippen LogP contribution in [0.15, 0.2) is 36.4 Å². The number of nitrogens with zero attached hydrogens (tertiary/aromatic N) is 4. The van der Waals surface area contributed by atoms with Crippen LogP contribution in [0.5, 0.6) is 0 Å². The lowest BCUT2D eigenvalue weighted by molar-refractivity contribution is 0.146. The highest BCUT2D eigenvalue weighted by Crippen LogP contribution is 2.09. The van der Waals surface area contributed by atoms with Gasteiger partial charge in [0, 0.05) is 32.7 Å². The molecule has 0 aliphatic carbocycles. The molecule has 1 aromatic carbocycles. The first-order chi connectivity index (χ1) is 12.2. The summed E-state index contributed by atoms with van der Waals surface area (Å²) >= 11 is 1.34. The van der Waals surface area contributed by atoms with Crippen molar-refractivity contribution in [1.82, 2.24) is 24.7 Å². The normalized spacial score (nSPS) is 15.6. The number of hydrogen-bond acceptors (Lipinski definition) is 5. The fourth-order valence-corrected chi connectivity index (χ4v) is 3.29. The van der Waals surface area contributed by atoms with Crippen molar-refractivity contribution in [3.05, 3.63) is 52.5 Å². The van der Waals surface area contributed by atoms with Crippen LogP contribution in [0.2, 0.25) is 0 Å². The van der Waals surface area contributed by atoms with Crippen molar-refractivity contribution in [3.8, 4) is 0 Å². The summed E-state index contributed by atoms with van der Waals surface area (Å²) < 4.78 is 3.89. The molecule has 7 heteroatoms. The highest BCUT2D eigenvalue weighted by molar-refractivity contribution is 7.05. The maximum atomic E-state index is 12.3. The van der Waals surface area contributed by atoms with Crippen molar-refractivity contribution >= 4 is 23.6 Å². The summed E-state index contributed by atoms with van der Waals surface area (Å²) in [5.74, 6) is 0. The van der Waals surface area contributed by atoms with Crippen LogP contribution in [-0.2, 0) is 6.54 Å². The minimum atomic E-state index is -0.00715. The summed E-state index contributed by atoms with van der Waals surface area (Å²) in [5, 5.41) is 6.92. The lowest BCUT2D eigenvalue weighted by Crippen LogP contribution is -2.51. The number of nitrogens with one attached hydrogen (secondary N) is 1. The zero-order valence-electron chi connectivity index (χ0n) is 14.4. The number of amides is 2. The second-order valence-electron chi connectivity index (χ2n) is 6.04. The fourth-order valence-electron chi connectivity index (χ4n) is 2.72. The molecule has 1 aliphatic rings.